The fraction of sp³-hybridized carbons (Fsp3) is 0.0769. The van der Waals surface area contributed by atoms with E-state index in [-0.39, 0.29) is 0 Å². The molecule has 4 heteroatoms. The van der Waals surface area contributed by atoms with Crippen molar-refractivity contribution in [3.05, 3.63) is 36.4 Å². The van der Waals surface area contributed by atoms with Crippen LogP contribution in [0, 0.1) is 0 Å². The highest BCUT2D eigenvalue weighted by molar-refractivity contribution is 6.06. The lowest BCUT2D eigenvalue weighted by Gasteiger charge is -2.06. The fourth-order valence-electron chi connectivity index (χ4n) is 2.03. The van der Waals surface area contributed by atoms with Gasteiger partial charge in [0.25, 0.3) is 0 Å². The number of nitrogen functional groups attached to an aromatic ring is 1. The van der Waals surface area contributed by atoms with E-state index in [0.717, 1.165) is 21.9 Å². The van der Waals surface area contributed by atoms with Crippen LogP contribution >= 0.6 is 0 Å². The zero-order valence-electron chi connectivity index (χ0n) is 9.36. The number of hydrazine groups is 1. The van der Waals surface area contributed by atoms with Gasteiger partial charge in [0.2, 0.25) is 0 Å². The van der Waals surface area contributed by atoms with E-state index in [1.807, 2.05) is 36.4 Å². The number of ether oxygens (including phenoxy) is 1. The van der Waals surface area contributed by atoms with Crippen LogP contribution in [0.15, 0.2) is 40.8 Å². The van der Waals surface area contributed by atoms with Crippen molar-refractivity contribution in [1.29, 1.82) is 0 Å². The molecule has 3 rings (SSSR count). The third-order valence-corrected chi connectivity index (χ3v) is 2.85. The second-order valence-electron chi connectivity index (χ2n) is 3.79. The molecule has 0 atom stereocenters. The molecule has 17 heavy (non-hydrogen) atoms. The van der Waals surface area contributed by atoms with Crippen LogP contribution in [0.5, 0.6) is 5.75 Å². The molecule has 0 spiro atoms. The Bertz CT molecular complexity index is 688. The number of hydrogen-bond donors (Lipinski definition) is 2. The smallest absolute Gasteiger partial charge is 0.144 e. The zero-order valence-corrected chi connectivity index (χ0v) is 9.36. The van der Waals surface area contributed by atoms with Gasteiger partial charge in [0.1, 0.15) is 16.9 Å². The van der Waals surface area contributed by atoms with E-state index in [4.69, 9.17) is 15.0 Å². The van der Waals surface area contributed by atoms with Crippen molar-refractivity contribution in [2.45, 2.75) is 0 Å². The van der Waals surface area contributed by atoms with Crippen molar-refractivity contribution in [2.24, 2.45) is 5.84 Å². The fourth-order valence-corrected chi connectivity index (χ4v) is 2.03. The topological polar surface area (TPSA) is 60.4 Å². The summed E-state index contributed by atoms with van der Waals surface area (Å²) in [7, 11) is 1.62. The van der Waals surface area contributed by atoms with Gasteiger partial charge < -0.3 is 14.6 Å². The van der Waals surface area contributed by atoms with Crippen LogP contribution in [0.4, 0.5) is 5.69 Å². The van der Waals surface area contributed by atoms with Gasteiger partial charge >= 0.3 is 0 Å². The first kappa shape index (κ1) is 9.99. The molecule has 0 bridgehead atoms. The number of fused-ring (bicyclic) bond motifs is 3. The summed E-state index contributed by atoms with van der Waals surface area (Å²) >= 11 is 0. The third kappa shape index (κ3) is 1.42. The molecule has 0 amide bonds. The monoisotopic (exact) mass is 228 g/mol. The van der Waals surface area contributed by atoms with Gasteiger partial charge in [-0.15, -0.1) is 0 Å². The van der Waals surface area contributed by atoms with Crippen LogP contribution in [0.1, 0.15) is 0 Å². The molecule has 0 saturated heterocycles. The van der Waals surface area contributed by atoms with Crippen molar-refractivity contribution >= 4 is 27.6 Å². The summed E-state index contributed by atoms with van der Waals surface area (Å²) in [5.41, 5.74) is 4.96. The van der Waals surface area contributed by atoms with E-state index >= 15 is 0 Å². The van der Waals surface area contributed by atoms with Crippen LogP contribution in [0.3, 0.4) is 0 Å². The summed E-state index contributed by atoms with van der Waals surface area (Å²) in [6.45, 7) is 0. The lowest BCUT2D eigenvalue weighted by molar-refractivity contribution is 0.417. The molecule has 0 aliphatic rings. The summed E-state index contributed by atoms with van der Waals surface area (Å²) < 4.78 is 11.0. The number of rotatable bonds is 2. The second-order valence-corrected chi connectivity index (χ2v) is 3.79. The van der Waals surface area contributed by atoms with E-state index < -0.39 is 0 Å². The first-order valence-electron chi connectivity index (χ1n) is 5.29. The zero-order chi connectivity index (χ0) is 11.8. The largest absolute Gasteiger partial charge is 0.495 e. The normalized spacial score (nSPS) is 10.9. The van der Waals surface area contributed by atoms with Gasteiger partial charge in [0.15, 0.2) is 0 Å². The quantitative estimate of drug-likeness (QED) is 0.523. The second kappa shape index (κ2) is 3.68. The Morgan fingerprint density at radius 3 is 2.71 bits per heavy atom. The van der Waals surface area contributed by atoms with Crippen LogP contribution < -0.4 is 16.0 Å². The van der Waals surface area contributed by atoms with Crippen molar-refractivity contribution in [2.75, 3.05) is 12.5 Å². The Morgan fingerprint density at radius 2 is 1.94 bits per heavy atom. The van der Waals surface area contributed by atoms with Crippen molar-refractivity contribution in [3.8, 4) is 5.75 Å². The summed E-state index contributed by atoms with van der Waals surface area (Å²) in [5.74, 6) is 6.14. The highest BCUT2D eigenvalue weighted by atomic mass is 16.5. The first-order chi connectivity index (χ1) is 8.33. The minimum absolute atomic E-state index is 0.701. The summed E-state index contributed by atoms with van der Waals surface area (Å²) in [4.78, 5) is 0. The van der Waals surface area contributed by atoms with Gasteiger partial charge in [0, 0.05) is 16.8 Å². The van der Waals surface area contributed by atoms with Crippen molar-refractivity contribution < 1.29 is 9.15 Å². The molecule has 0 aliphatic carbocycles. The van der Waals surface area contributed by atoms with E-state index in [1.165, 1.54) is 0 Å². The van der Waals surface area contributed by atoms with Crippen molar-refractivity contribution in [3.63, 3.8) is 0 Å². The predicted molar refractivity (Wildman–Crippen MR) is 68.1 cm³/mol. The molecule has 1 heterocycles. The molecular formula is C13H12N2O2. The predicted octanol–water partition coefficient (Wildman–Crippen LogP) is 2.88. The van der Waals surface area contributed by atoms with Gasteiger partial charge in [-0.3, -0.25) is 5.84 Å². The third-order valence-electron chi connectivity index (χ3n) is 2.85. The molecule has 0 saturated carbocycles. The molecule has 0 fully saturated rings. The number of benzene rings is 2. The summed E-state index contributed by atoms with van der Waals surface area (Å²) in [6, 6.07) is 11.7. The molecule has 2 aromatic carbocycles. The summed E-state index contributed by atoms with van der Waals surface area (Å²) in [6.07, 6.45) is 0. The van der Waals surface area contributed by atoms with Gasteiger partial charge in [-0.25, -0.2) is 0 Å². The molecule has 3 N–H and O–H groups in total. The first-order valence-corrected chi connectivity index (χ1v) is 5.29. The molecule has 1 aromatic heterocycles. The van der Waals surface area contributed by atoms with Gasteiger partial charge in [-0.2, -0.15) is 0 Å². The number of hydrogen-bond acceptors (Lipinski definition) is 4. The maximum Gasteiger partial charge on any atom is 0.144 e. The highest BCUT2D eigenvalue weighted by Gasteiger charge is 2.10. The SMILES string of the molecule is COc1cc2c(cc1NN)oc1ccccc12. The average Bonchev–Trinajstić information content (AvgIpc) is 2.74. The Hall–Kier alpha value is -2.20. The number of para-hydroxylation sites is 1. The van der Waals surface area contributed by atoms with Crippen molar-refractivity contribution in [1.82, 2.24) is 0 Å². The Balaban J connectivity index is 2.41. The van der Waals surface area contributed by atoms with Gasteiger partial charge in [-0.1, -0.05) is 18.2 Å². The molecule has 4 nitrogen and oxygen atoms in total. The highest BCUT2D eigenvalue weighted by Crippen LogP contribution is 2.35. The molecular weight excluding hydrogens is 216 g/mol. The Morgan fingerprint density at radius 1 is 1.12 bits per heavy atom. The minimum atomic E-state index is 0.701. The van der Waals surface area contributed by atoms with E-state index in [0.29, 0.717) is 11.4 Å². The molecule has 3 aromatic rings. The standard InChI is InChI=1S/C13H12N2O2/c1-16-13-6-9-8-4-2-3-5-11(8)17-12(9)7-10(13)15-14/h2-7,15H,14H2,1H3. The molecule has 0 unspecified atom stereocenters. The number of nitrogens with two attached hydrogens (primary N) is 1. The number of nitrogens with one attached hydrogen (secondary N) is 1. The lowest BCUT2D eigenvalue weighted by atomic mass is 10.1. The van der Waals surface area contributed by atoms with E-state index in [2.05, 4.69) is 5.43 Å². The van der Waals surface area contributed by atoms with Crippen LogP contribution in [-0.2, 0) is 0 Å². The van der Waals surface area contributed by atoms with Crippen LogP contribution in [0.25, 0.3) is 21.9 Å². The van der Waals surface area contributed by atoms with Crippen LogP contribution in [0.2, 0.25) is 0 Å². The minimum Gasteiger partial charge on any atom is -0.495 e. The van der Waals surface area contributed by atoms with Crippen LogP contribution in [-0.4, -0.2) is 7.11 Å². The average molecular weight is 228 g/mol. The molecule has 0 aliphatic heterocycles. The maximum atomic E-state index is 5.74. The Labute approximate surface area is 97.9 Å². The van der Waals surface area contributed by atoms with E-state index in [9.17, 15) is 0 Å². The number of anilines is 1. The van der Waals surface area contributed by atoms with Gasteiger partial charge in [0.05, 0.1) is 12.8 Å². The van der Waals surface area contributed by atoms with Gasteiger partial charge in [-0.05, 0) is 12.1 Å². The number of methoxy groups -OCH3 is 1. The lowest BCUT2D eigenvalue weighted by Crippen LogP contribution is -2.07. The van der Waals surface area contributed by atoms with E-state index in [1.54, 1.807) is 7.11 Å². The maximum absolute atomic E-state index is 5.74. The molecule has 0 radical (unpaired) electrons. The molecule has 86 valence electrons. The Kier molecular flexibility index (Phi) is 2.16. The summed E-state index contributed by atoms with van der Waals surface area (Å²) in [5, 5.41) is 2.10. The number of furan rings is 1.